The largest absolute Gasteiger partial charge is 0.337 e. The lowest BCUT2D eigenvalue weighted by atomic mass is 10.3. The van der Waals surface area contributed by atoms with Gasteiger partial charge in [0, 0.05) is 19.8 Å². The van der Waals surface area contributed by atoms with Crippen molar-refractivity contribution in [3.8, 4) is 0 Å². The van der Waals surface area contributed by atoms with E-state index >= 15 is 0 Å². The molecule has 1 fully saturated rings. The van der Waals surface area contributed by atoms with Crippen LogP contribution in [0.1, 0.15) is 25.7 Å². The molecule has 0 atom stereocenters. The zero-order valence-electron chi connectivity index (χ0n) is 7.63. The molecular formula is C8H15N3O. The molecule has 0 aliphatic heterocycles. The fourth-order valence-corrected chi connectivity index (χ4v) is 1.12. The molecule has 0 aromatic carbocycles. The van der Waals surface area contributed by atoms with E-state index < -0.39 is 0 Å². The third kappa shape index (κ3) is 2.53. The number of nitrogens with one attached hydrogen (secondary N) is 1. The van der Waals surface area contributed by atoms with Gasteiger partial charge in [0.1, 0.15) is 0 Å². The lowest BCUT2D eigenvalue weighted by Gasteiger charge is -2.08. The summed E-state index contributed by atoms with van der Waals surface area (Å²) < 4.78 is 0. The fourth-order valence-electron chi connectivity index (χ4n) is 1.12. The van der Waals surface area contributed by atoms with Gasteiger partial charge in [-0.15, -0.1) is 0 Å². The van der Waals surface area contributed by atoms with E-state index in [4.69, 9.17) is 0 Å². The van der Waals surface area contributed by atoms with E-state index in [0.717, 1.165) is 18.6 Å². The number of urea groups is 1. The number of nitrogens with zero attached hydrogens (tertiary/aromatic N) is 2. The first-order valence-electron chi connectivity index (χ1n) is 4.23. The van der Waals surface area contributed by atoms with Crippen LogP contribution in [-0.4, -0.2) is 30.7 Å². The number of amides is 2. The average Bonchev–Trinajstić information content (AvgIpc) is 2.51. The Balaban J connectivity index is 2.32. The summed E-state index contributed by atoms with van der Waals surface area (Å²) in [5, 5.41) is 4.02. The van der Waals surface area contributed by atoms with Gasteiger partial charge >= 0.3 is 6.03 Å². The number of hydrazone groups is 1. The lowest BCUT2D eigenvalue weighted by Crippen LogP contribution is -2.31. The summed E-state index contributed by atoms with van der Waals surface area (Å²) in [6, 6.07) is -0.158. The molecule has 4 heteroatoms. The minimum absolute atomic E-state index is 0.158. The Morgan fingerprint density at radius 1 is 1.42 bits per heavy atom. The predicted molar refractivity (Wildman–Crippen MR) is 48.1 cm³/mol. The van der Waals surface area contributed by atoms with Gasteiger partial charge in [0.05, 0.1) is 0 Å². The number of rotatable bonds is 1. The smallest absolute Gasteiger partial charge is 0.329 e. The minimum atomic E-state index is -0.158. The van der Waals surface area contributed by atoms with Crippen molar-refractivity contribution in [3.05, 3.63) is 0 Å². The van der Waals surface area contributed by atoms with E-state index in [0.29, 0.717) is 0 Å². The maximum absolute atomic E-state index is 11.0. The maximum Gasteiger partial charge on any atom is 0.337 e. The summed E-state index contributed by atoms with van der Waals surface area (Å²) in [5.41, 5.74) is 3.61. The molecule has 0 bridgehead atoms. The first-order chi connectivity index (χ1) is 5.70. The van der Waals surface area contributed by atoms with E-state index in [9.17, 15) is 4.79 Å². The molecule has 0 unspecified atom stereocenters. The Hall–Kier alpha value is -1.06. The van der Waals surface area contributed by atoms with Crippen LogP contribution in [0.5, 0.6) is 0 Å². The second kappa shape index (κ2) is 4.09. The molecule has 2 amide bonds. The standard InChI is InChI=1S/C8H15N3O/c1-11(2)8(12)10-9-7-5-3-4-6-7/h3-6H2,1-2H3,(H,10,12). The van der Waals surface area contributed by atoms with Gasteiger partial charge in [0.2, 0.25) is 0 Å². The normalized spacial score (nSPS) is 16.0. The highest BCUT2D eigenvalue weighted by Gasteiger charge is 2.08. The van der Waals surface area contributed by atoms with E-state index in [1.54, 1.807) is 14.1 Å². The van der Waals surface area contributed by atoms with Crippen molar-refractivity contribution in [1.82, 2.24) is 10.3 Å². The van der Waals surface area contributed by atoms with Crippen molar-refractivity contribution < 1.29 is 4.79 Å². The first kappa shape index (κ1) is 9.03. The molecule has 0 saturated heterocycles. The zero-order chi connectivity index (χ0) is 8.97. The van der Waals surface area contributed by atoms with Gasteiger partial charge < -0.3 is 4.90 Å². The van der Waals surface area contributed by atoms with Crippen LogP contribution in [0.25, 0.3) is 0 Å². The molecule has 0 aromatic rings. The molecule has 0 spiro atoms. The SMILES string of the molecule is CN(C)C(=O)NN=C1CCCC1. The summed E-state index contributed by atoms with van der Waals surface area (Å²) in [4.78, 5) is 12.5. The molecule has 1 rings (SSSR count). The average molecular weight is 169 g/mol. The van der Waals surface area contributed by atoms with Crippen LogP contribution in [0.3, 0.4) is 0 Å². The van der Waals surface area contributed by atoms with Crippen molar-refractivity contribution in [2.24, 2.45) is 5.10 Å². The molecule has 4 nitrogen and oxygen atoms in total. The van der Waals surface area contributed by atoms with Crippen molar-refractivity contribution in [2.75, 3.05) is 14.1 Å². The second-order valence-electron chi connectivity index (χ2n) is 3.20. The van der Waals surface area contributed by atoms with E-state index in [1.807, 2.05) is 0 Å². The van der Waals surface area contributed by atoms with Crippen LogP contribution >= 0.6 is 0 Å². The van der Waals surface area contributed by atoms with Crippen molar-refractivity contribution in [2.45, 2.75) is 25.7 Å². The number of hydrogen-bond donors (Lipinski definition) is 1. The van der Waals surface area contributed by atoms with Crippen LogP contribution in [0, 0.1) is 0 Å². The van der Waals surface area contributed by atoms with E-state index in [1.165, 1.54) is 17.7 Å². The Labute approximate surface area is 72.6 Å². The Bertz CT molecular complexity index is 190. The van der Waals surface area contributed by atoms with Gasteiger partial charge in [-0.3, -0.25) is 0 Å². The number of carbonyl (C=O) groups excluding carboxylic acids is 1. The molecule has 1 N–H and O–H groups in total. The fraction of sp³-hybridized carbons (Fsp3) is 0.750. The van der Waals surface area contributed by atoms with E-state index in [2.05, 4.69) is 10.5 Å². The third-order valence-electron chi connectivity index (χ3n) is 1.90. The summed E-state index contributed by atoms with van der Waals surface area (Å²) in [6.07, 6.45) is 4.48. The molecule has 1 saturated carbocycles. The van der Waals surface area contributed by atoms with Gasteiger partial charge in [0.25, 0.3) is 0 Å². The summed E-state index contributed by atoms with van der Waals surface area (Å²) >= 11 is 0. The molecule has 12 heavy (non-hydrogen) atoms. The summed E-state index contributed by atoms with van der Waals surface area (Å²) in [5.74, 6) is 0. The van der Waals surface area contributed by atoms with Crippen LogP contribution < -0.4 is 5.43 Å². The Morgan fingerprint density at radius 2 is 2.00 bits per heavy atom. The van der Waals surface area contributed by atoms with Gasteiger partial charge in [-0.05, 0) is 25.7 Å². The van der Waals surface area contributed by atoms with Gasteiger partial charge in [-0.1, -0.05) is 0 Å². The monoisotopic (exact) mass is 169 g/mol. The summed E-state index contributed by atoms with van der Waals surface area (Å²) in [7, 11) is 3.40. The van der Waals surface area contributed by atoms with Crippen molar-refractivity contribution in [3.63, 3.8) is 0 Å². The van der Waals surface area contributed by atoms with Crippen LogP contribution in [-0.2, 0) is 0 Å². The molecule has 1 aliphatic carbocycles. The molecule has 1 aliphatic rings. The highest BCUT2D eigenvalue weighted by molar-refractivity contribution is 5.87. The van der Waals surface area contributed by atoms with Crippen LogP contribution in [0.4, 0.5) is 4.79 Å². The maximum atomic E-state index is 11.0. The quantitative estimate of drug-likeness (QED) is 0.589. The second-order valence-corrected chi connectivity index (χ2v) is 3.20. The van der Waals surface area contributed by atoms with Crippen molar-refractivity contribution >= 4 is 11.7 Å². The molecule has 0 heterocycles. The third-order valence-corrected chi connectivity index (χ3v) is 1.90. The van der Waals surface area contributed by atoms with Crippen LogP contribution in [0.2, 0.25) is 0 Å². The predicted octanol–water partition coefficient (Wildman–Crippen LogP) is 1.19. The van der Waals surface area contributed by atoms with Crippen molar-refractivity contribution in [1.29, 1.82) is 0 Å². The molecule has 68 valence electrons. The Morgan fingerprint density at radius 3 is 2.50 bits per heavy atom. The highest BCUT2D eigenvalue weighted by Crippen LogP contribution is 2.13. The van der Waals surface area contributed by atoms with Crippen LogP contribution in [0.15, 0.2) is 5.10 Å². The highest BCUT2D eigenvalue weighted by atomic mass is 16.2. The summed E-state index contributed by atoms with van der Waals surface area (Å²) in [6.45, 7) is 0. The molecule has 0 aromatic heterocycles. The lowest BCUT2D eigenvalue weighted by molar-refractivity contribution is 0.218. The number of hydrogen-bond acceptors (Lipinski definition) is 2. The minimum Gasteiger partial charge on any atom is -0.329 e. The molecule has 0 radical (unpaired) electrons. The van der Waals surface area contributed by atoms with E-state index in [-0.39, 0.29) is 6.03 Å². The number of carbonyl (C=O) groups is 1. The topological polar surface area (TPSA) is 44.7 Å². The van der Waals surface area contributed by atoms with Gasteiger partial charge in [-0.2, -0.15) is 5.10 Å². The van der Waals surface area contributed by atoms with Gasteiger partial charge in [0.15, 0.2) is 0 Å². The first-order valence-corrected chi connectivity index (χ1v) is 4.23. The molecular weight excluding hydrogens is 154 g/mol. The zero-order valence-corrected chi connectivity index (χ0v) is 7.63. The Kier molecular flexibility index (Phi) is 3.08. The van der Waals surface area contributed by atoms with Gasteiger partial charge in [-0.25, -0.2) is 10.2 Å².